The topological polar surface area (TPSA) is 99.2 Å². The lowest BCUT2D eigenvalue weighted by molar-refractivity contribution is 0.0722. The summed E-state index contributed by atoms with van der Waals surface area (Å²) in [5, 5.41) is 20.4. The molecule has 6 heteroatoms. The Morgan fingerprint density at radius 2 is 1.84 bits per heavy atom. The van der Waals surface area contributed by atoms with Crippen LogP contribution in [0.25, 0.3) is 0 Å². The van der Waals surface area contributed by atoms with Gasteiger partial charge in [-0.2, -0.15) is 0 Å². The number of nitrogens with zero attached hydrogens (tertiary/aromatic N) is 2. The smallest absolute Gasteiger partial charge is 0.253 e. The number of carbonyl (C=O) groups is 1. The summed E-state index contributed by atoms with van der Waals surface area (Å²) in [4.78, 5) is 13.8. The van der Waals surface area contributed by atoms with E-state index in [4.69, 9.17) is 16.0 Å². The van der Waals surface area contributed by atoms with E-state index in [2.05, 4.69) is 5.16 Å². The quantitative estimate of drug-likeness (QED) is 0.304. The Morgan fingerprint density at radius 3 is 2.32 bits per heavy atom. The molecule has 0 spiro atoms. The van der Waals surface area contributed by atoms with Gasteiger partial charge in [0.15, 0.2) is 5.84 Å². The van der Waals surface area contributed by atoms with Crippen LogP contribution in [-0.4, -0.2) is 46.7 Å². The number of aliphatic hydroxyl groups is 1. The molecule has 0 aromatic heterocycles. The molecule has 1 rings (SSSR count). The number of nitrogens with two attached hydrogens (primary N) is 1. The van der Waals surface area contributed by atoms with E-state index in [1.807, 2.05) is 6.92 Å². The third kappa shape index (κ3) is 3.96. The van der Waals surface area contributed by atoms with Crippen LogP contribution in [0.3, 0.4) is 0 Å². The molecule has 0 aliphatic carbocycles. The molecular weight excluding hydrogens is 246 g/mol. The van der Waals surface area contributed by atoms with E-state index in [0.29, 0.717) is 24.2 Å². The Morgan fingerprint density at radius 1 is 1.26 bits per heavy atom. The monoisotopic (exact) mass is 265 g/mol. The Hall–Kier alpha value is -2.08. The molecule has 19 heavy (non-hydrogen) atoms. The first kappa shape index (κ1) is 15.0. The summed E-state index contributed by atoms with van der Waals surface area (Å²) in [5.41, 5.74) is 6.50. The van der Waals surface area contributed by atoms with Gasteiger partial charge in [0.05, 0.1) is 6.61 Å². The summed E-state index contributed by atoms with van der Waals surface area (Å²) in [6.45, 7) is 2.82. The van der Waals surface area contributed by atoms with Crippen molar-refractivity contribution in [2.45, 2.75) is 13.3 Å². The largest absolute Gasteiger partial charge is 0.409 e. The van der Waals surface area contributed by atoms with Crippen LogP contribution in [0.15, 0.2) is 29.4 Å². The molecule has 0 heterocycles. The number of amides is 1. The minimum atomic E-state index is -0.137. The van der Waals surface area contributed by atoms with E-state index in [1.165, 1.54) is 0 Å². The zero-order valence-electron chi connectivity index (χ0n) is 10.9. The van der Waals surface area contributed by atoms with E-state index >= 15 is 0 Å². The van der Waals surface area contributed by atoms with Crippen LogP contribution in [0.1, 0.15) is 29.3 Å². The molecule has 0 aliphatic heterocycles. The molecule has 1 aromatic carbocycles. The van der Waals surface area contributed by atoms with Crippen LogP contribution in [0.5, 0.6) is 0 Å². The molecule has 0 unspecified atom stereocenters. The summed E-state index contributed by atoms with van der Waals surface area (Å²) in [5.74, 6) is -0.137. The Balaban J connectivity index is 2.87. The highest BCUT2D eigenvalue weighted by Gasteiger charge is 2.14. The first-order chi connectivity index (χ1) is 9.13. The standard InChI is InChI=1S/C13H19N3O3/c1-2-7-16(8-9-17)13(18)11-5-3-10(4-6-11)12(14)15-19/h3-6,17,19H,2,7-9H2,1H3,(H2,14,15). The number of rotatable bonds is 6. The first-order valence-corrected chi connectivity index (χ1v) is 6.12. The predicted octanol–water partition coefficient (Wildman–Crippen LogP) is 0.626. The Labute approximate surface area is 112 Å². The molecule has 0 saturated heterocycles. The molecule has 104 valence electrons. The highest BCUT2D eigenvalue weighted by molar-refractivity contribution is 5.99. The zero-order valence-corrected chi connectivity index (χ0v) is 10.9. The maximum Gasteiger partial charge on any atom is 0.253 e. The number of hydrogen-bond donors (Lipinski definition) is 3. The number of hydrogen-bond acceptors (Lipinski definition) is 4. The number of oxime groups is 1. The van der Waals surface area contributed by atoms with Crippen LogP contribution in [0, 0.1) is 0 Å². The second kappa shape index (κ2) is 7.38. The summed E-state index contributed by atoms with van der Waals surface area (Å²) < 4.78 is 0. The van der Waals surface area contributed by atoms with E-state index in [1.54, 1.807) is 29.2 Å². The van der Waals surface area contributed by atoms with Gasteiger partial charge in [0.1, 0.15) is 0 Å². The molecule has 0 bridgehead atoms. The fourth-order valence-electron chi connectivity index (χ4n) is 1.73. The van der Waals surface area contributed by atoms with Gasteiger partial charge >= 0.3 is 0 Å². The SMILES string of the molecule is CCCN(CCO)C(=O)c1ccc(C(N)=NO)cc1. The van der Waals surface area contributed by atoms with Gasteiger partial charge in [-0.15, -0.1) is 0 Å². The second-order valence-electron chi connectivity index (χ2n) is 4.08. The Kier molecular flexibility index (Phi) is 5.81. The fraction of sp³-hybridized carbons (Fsp3) is 0.385. The van der Waals surface area contributed by atoms with Crippen molar-refractivity contribution in [3.05, 3.63) is 35.4 Å². The summed E-state index contributed by atoms with van der Waals surface area (Å²) in [6, 6.07) is 6.47. The third-order valence-corrected chi connectivity index (χ3v) is 2.69. The predicted molar refractivity (Wildman–Crippen MR) is 72.2 cm³/mol. The summed E-state index contributed by atoms with van der Waals surface area (Å²) >= 11 is 0. The lowest BCUT2D eigenvalue weighted by Gasteiger charge is -2.21. The lowest BCUT2D eigenvalue weighted by Crippen LogP contribution is -2.34. The van der Waals surface area contributed by atoms with Gasteiger partial charge in [-0.05, 0) is 18.6 Å². The zero-order chi connectivity index (χ0) is 14.3. The van der Waals surface area contributed by atoms with Crippen LogP contribution in [0.2, 0.25) is 0 Å². The number of amidine groups is 1. The van der Waals surface area contributed by atoms with E-state index in [9.17, 15) is 4.79 Å². The van der Waals surface area contributed by atoms with Crippen molar-refractivity contribution in [3.8, 4) is 0 Å². The number of benzene rings is 1. The second-order valence-corrected chi connectivity index (χ2v) is 4.08. The van der Waals surface area contributed by atoms with Crippen molar-refractivity contribution >= 4 is 11.7 Å². The third-order valence-electron chi connectivity index (χ3n) is 2.69. The van der Waals surface area contributed by atoms with Gasteiger partial charge in [-0.25, -0.2) is 0 Å². The van der Waals surface area contributed by atoms with Crippen LogP contribution in [0.4, 0.5) is 0 Å². The van der Waals surface area contributed by atoms with Crippen molar-refractivity contribution in [1.29, 1.82) is 0 Å². The molecular formula is C13H19N3O3. The van der Waals surface area contributed by atoms with Crippen LogP contribution in [-0.2, 0) is 0 Å². The molecule has 0 aliphatic rings. The average molecular weight is 265 g/mol. The van der Waals surface area contributed by atoms with Crippen molar-refractivity contribution in [2.75, 3.05) is 19.7 Å². The van der Waals surface area contributed by atoms with Crippen LogP contribution >= 0.6 is 0 Å². The van der Waals surface area contributed by atoms with E-state index < -0.39 is 0 Å². The summed E-state index contributed by atoms with van der Waals surface area (Å²) in [7, 11) is 0. The van der Waals surface area contributed by atoms with Gasteiger partial charge in [0, 0.05) is 24.2 Å². The Bertz CT molecular complexity index is 437. The highest BCUT2D eigenvalue weighted by atomic mass is 16.4. The lowest BCUT2D eigenvalue weighted by atomic mass is 10.1. The average Bonchev–Trinajstić information content (AvgIpc) is 2.45. The van der Waals surface area contributed by atoms with Gasteiger partial charge in [0.2, 0.25) is 0 Å². The first-order valence-electron chi connectivity index (χ1n) is 6.12. The van der Waals surface area contributed by atoms with Gasteiger partial charge in [0.25, 0.3) is 5.91 Å². The molecule has 0 fully saturated rings. The molecule has 4 N–H and O–H groups in total. The van der Waals surface area contributed by atoms with Crippen molar-refractivity contribution < 1.29 is 15.1 Å². The van der Waals surface area contributed by atoms with Crippen molar-refractivity contribution in [3.63, 3.8) is 0 Å². The molecule has 6 nitrogen and oxygen atoms in total. The molecule has 0 atom stereocenters. The molecule has 0 radical (unpaired) electrons. The van der Waals surface area contributed by atoms with Gasteiger partial charge in [-0.1, -0.05) is 24.2 Å². The number of carbonyl (C=O) groups excluding carboxylic acids is 1. The fourth-order valence-corrected chi connectivity index (χ4v) is 1.73. The normalized spacial score (nSPS) is 11.4. The summed E-state index contributed by atoms with van der Waals surface area (Å²) in [6.07, 6.45) is 0.827. The molecule has 0 saturated carbocycles. The maximum atomic E-state index is 12.2. The van der Waals surface area contributed by atoms with Crippen LogP contribution < -0.4 is 5.73 Å². The highest BCUT2D eigenvalue weighted by Crippen LogP contribution is 2.08. The number of aliphatic hydroxyl groups excluding tert-OH is 1. The minimum Gasteiger partial charge on any atom is -0.409 e. The van der Waals surface area contributed by atoms with Gasteiger partial charge < -0.3 is 20.9 Å². The van der Waals surface area contributed by atoms with Crippen molar-refractivity contribution in [2.24, 2.45) is 10.9 Å². The molecule has 1 amide bonds. The van der Waals surface area contributed by atoms with E-state index in [-0.39, 0.29) is 18.3 Å². The van der Waals surface area contributed by atoms with E-state index in [0.717, 1.165) is 6.42 Å². The molecule has 1 aromatic rings. The maximum absolute atomic E-state index is 12.2. The van der Waals surface area contributed by atoms with Gasteiger partial charge in [-0.3, -0.25) is 4.79 Å². The van der Waals surface area contributed by atoms with Crippen molar-refractivity contribution in [1.82, 2.24) is 4.90 Å². The minimum absolute atomic E-state index is 0.000212.